The number of nitrogens with zero attached hydrogens (tertiary/aromatic N) is 3. The Morgan fingerprint density at radius 3 is 2.56 bits per heavy atom. The van der Waals surface area contributed by atoms with Gasteiger partial charge < -0.3 is 10.2 Å². The number of hydrogen-bond donors (Lipinski definition) is 1. The third-order valence-electron chi connectivity index (χ3n) is 4.86. The van der Waals surface area contributed by atoms with E-state index in [1.165, 1.54) is 24.1 Å². The molecule has 5 rings (SSSR count). The molecule has 2 aromatic carbocycles. The summed E-state index contributed by atoms with van der Waals surface area (Å²) in [7, 11) is 0. The minimum absolute atomic E-state index is 0.532. The highest BCUT2D eigenvalue weighted by Gasteiger charge is 2.25. The molecule has 1 fully saturated rings. The Labute approximate surface area is 147 Å². The molecule has 1 N–H and O–H groups in total. The maximum atomic E-state index is 4.82. The summed E-state index contributed by atoms with van der Waals surface area (Å²) in [5.74, 6) is 1.71. The molecule has 2 heterocycles. The summed E-state index contributed by atoms with van der Waals surface area (Å²) in [6.45, 7) is 0.966. The summed E-state index contributed by atoms with van der Waals surface area (Å²) in [5, 5.41) is 3.46. The minimum atomic E-state index is 0.532. The zero-order valence-corrected chi connectivity index (χ0v) is 14.0. The molecular formula is C21H20N4. The number of rotatable bonds is 4. The lowest BCUT2D eigenvalue weighted by molar-refractivity contribution is 0.958. The van der Waals surface area contributed by atoms with E-state index in [2.05, 4.69) is 64.8 Å². The molecule has 2 aliphatic rings. The first kappa shape index (κ1) is 14.5. The van der Waals surface area contributed by atoms with Crippen LogP contribution in [0, 0.1) is 0 Å². The summed E-state index contributed by atoms with van der Waals surface area (Å²) in [4.78, 5) is 11.9. The van der Waals surface area contributed by atoms with Crippen molar-refractivity contribution in [3.8, 4) is 11.3 Å². The lowest BCUT2D eigenvalue weighted by Crippen LogP contribution is -2.17. The number of hydrogen-bond acceptors (Lipinski definition) is 4. The Hall–Kier alpha value is -2.88. The smallest absolute Gasteiger partial charge is 0.225 e. The molecule has 0 saturated heterocycles. The fraction of sp³-hybridized carbons (Fsp3) is 0.238. The second-order valence-corrected chi connectivity index (χ2v) is 6.75. The van der Waals surface area contributed by atoms with Gasteiger partial charge in [-0.1, -0.05) is 48.5 Å². The van der Waals surface area contributed by atoms with Gasteiger partial charge in [0.1, 0.15) is 5.82 Å². The number of benzene rings is 2. The highest BCUT2D eigenvalue weighted by Crippen LogP contribution is 2.35. The maximum Gasteiger partial charge on any atom is 0.225 e. The summed E-state index contributed by atoms with van der Waals surface area (Å²) in [5.41, 5.74) is 4.74. The molecule has 0 spiro atoms. The Bertz CT molecular complexity index is 903. The lowest BCUT2D eigenvalue weighted by Gasteiger charge is -2.20. The van der Waals surface area contributed by atoms with Crippen LogP contribution in [0.4, 0.5) is 17.5 Å². The summed E-state index contributed by atoms with van der Waals surface area (Å²) in [6.07, 6.45) is 3.48. The minimum Gasteiger partial charge on any atom is -0.351 e. The standard InChI is InChI=1S/C21H20N4/c1-2-6-15(7-3-1)18-14-20(24-21(23-18)22-17-10-11-17)25-13-12-16-8-4-5-9-19(16)25/h1-9,14,17H,10-13H2,(H,22,23,24). The van der Waals surface area contributed by atoms with Gasteiger partial charge in [-0.15, -0.1) is 0 Å². The first-order valence-electron chi connectivity index (χ1n) is 8.93. The predicted octanol–water partition coefficient (Wildman–Crippen LogP) is 4.41. The quantitative estimate of drug-likeness (QED) is 0.770. The lowest BCUT2D eigenvalue weighted by atomic mass is 10.1. The maximum absolute atomic E-state index is 4.82. The van der Waals surface area contributed by atoms with E-state index in [9.17, 15) is 0 Å². The fourth-order valence-corrected chi connectivity index (χ4v) is 3.38. The van der Waals surface area contributed by atoms with E-state index < -0.39 is 0 Å². The van der Waals surface area contributed by atoms with Gasteiger partial charge in [-0.25, -0.2) is 4.98 Å². The van der Waals surface area contributed by atoms with Gasteiger partial charge in [0, 0.05) is 29.9 Å². The first-order chi connectivity index (χ1) is 12.4. The third-order valence-corrected chi connectivity index (χ3v) is 4.86. The second-order valence-electron chi connectivity index (χ2n) is 6.75. The average molecular weight is 328 g/mol. The number of nitrogens with one attached hydrogen (secondary N) is 1. The van der Waals surface area contributed by atoms with E-state index in [-0.39, 0.29) is 0 Å². The van der Waals surface area contributed by atoms with Crippen LogP contribution in [0.1, 0.15) is 18.4 Å². The normalized spacial score (nSPS) is 15.9. The van der Waals surface area contributed by atoms with Crippen LogP contribution in [0.3, 0.4) is 0 Å². The topological polar surface area (TPSA) is 41.1 Å². The van der Waals surface area contributed by atoms with Crippen molar-refractivity contribution in [1.82, 2.24) is 9.97 Å². The van der Waals surface area contributed by atoms with E-state index in [1.807, 2.05) is 6.07 Å². The number of para-hydroxylation sites is 1. The Morgan fingerprint density at radius 2 is 1.72 bits per heavy atom. The Kier molecular flexibility index (Phi) is 3.40. The molecule has 1 aliphatic heterocycles. The van der Waals surface area contributed by atoms with Crippen molar-refractivity contribution < 1.29 is 0 Å². The van der Waals surface area contributed by atoms with Gasteiger partial charge >= 0.3 is 0 Å². The van der Waals surface area contributed by atoms with E-state index >= 15 is 0 Å². The van der Waals surface area contributed by atoms with E-state index in [0.717, 1.165) is 36.0 Å². The van der Waals surface area contributed by atoms with Gasteiger partial charge in [0.15, 0.2) is 0 Å². The molecule has 3 aromatic rings. The fourth-order valence-electron chi connectivity index (χ4n) is 3.38. The van der Waals surface area contributed by atoms with Crippen molar-refractivity contribution in [2.75, 3.05) is 16.8 Å². The second kappa shape index (κ2) is 5.88. The van der Waals surface area contributed by atoms with Crippen molar-refractivity contribution in [2.45, 2.75) is 25.3 Å². The highest BCUT2D eigenvalue weighted by atomic mass is 15.2. The van der Waals surface area contributed by atoms with E-state index in [0.29, 0.717) is 6.04 Å². The zero-order chi connectivity index (χ0) is 16.6. The van der Waals surface area contributed by atoms with Crippen molar-refractivity contribution in [1.29, 1.82) is 0 Å². The molecular weight excluding hydrogens is 308 g/mol. The van der Waals surface area contributed by atoms with Crippen molar-refractivity contribution in [2.24, 2.45) is 0 Å². The van der Waals surface area contributed by atoms with Crippen molar-refractivity contribution in [3.63, 3.8) is 0 Å². The van der Waals surface area contributed by atoms with Crippen LogP contribution < -0.4 is 10.2 Å². The summed E-state index contributed by atoms with van der Waals surface area (Å²) in [6, 6.07) is 21.6. The number of aromatic nitrogens is 2. The molecule has 4 nitrogen and oxygen atoms in total. The molecule has 0 atom stereocenters. The van der Waals surface area contributed by atoms with Crippen LogP contribution in [0.15, 0.2) is 60.7 Å². The molecule has 0 radical (unpaired) electrons. The predicted molar refractivity (Wildman–Crippen MR) is 101 cm³/mol. The zero-order valence-electron chi connectivity index (χ0n) is 14.0. The molecule has 1 saturated carbocycles. The number of anilines is 3. The third kappa shape index (κ3) is 2.84. The van der Waals surface area contributed by atoms with Crippen LogP contribution in [-0.2, 0) is 6.42 Å². The Balaban J connectivity index is 1.59. The van der Waals surface area contributed by atoms with Crippen LogP contribution >= 0.6 is 0 Å². The largest absolute Gasteiger partial charge is 0.351 e. The molecule has 0 bridgehead atoms. The molecule has 0 unspecified atom stereocenters. The van der Waals surface area contributed by atoms with Crippen LogP contribution in [0.5, 0.6) is 0 Å². The van der Waals surface area contributed by atoms with Crippen LogP contribution in [0.2, 0.25) is 0 Å². The van der Waals surface area contributed by atoms with Crippen LogP contribution in [0.25, 0.3) is 11.3 Å². The van der Waals surface area contributed by atoms with Gasteiger partial charge in [-0.2, -0.15) is 4.98 Å². The SMILES string of the molecule is c1ccc(-c2cc(N3CCc4ccccc43)nc(NC3CC3)n2)cc1. The summed E-state index contributed by atoms with van der Waals surface area (Å²) < 4.78 is 0. The first-order valence-corrected chi connectivity index (χ1v) is 8.93. The monoisotopic (exact) mass is 328 g/mol. The van der Waals surface area contributed by atoms with Crippen LogP contribution in [-0.4, -0.2) is 22.6 Å². The molecule has 124 valence electrons. The molecule has 0 amide bonds. The molecule has 4 heteroatoms. The van der Waals surface area contributed by atoms with Gasteiger partial charge in [0.05, 0.1) is 5.69 Å². The molecule has 1 aliphatic carbocycles. The number of fused-ring (bicyclic) bond motifs is 1. The molecule has 25 heavy (non-hydrogen) atoms. The van der Waals surface area contributed by atoms with Gasteiger partial charge in [-0.05, 0) is 30.9 Å². The van der Waals surface area contributed by atoms with E-state index in [1.54, 1.807) is 0 Å². The molecule has 1 aromatic heterocycles. The summed E-state index contributed by atoms with van der Waals surface area (Å²) >= 11 is 0. The van der Waals surface area contributed by atoms with Gasteiger partial charge in [0.25, 0.3) is 0 Å². The Morgan fingerprint density at radius 1 is 0.920 bits per heavy atom. The van der Waals surface area contributed by atoms with Crippen molar-refractivity contribution >= 4 is 17.5 Å². The average Bonchev–Trinajstić information content (AvgIpc) is 3.37. The van der Waals surface area contributed by atoms with E-state index in [4.69, 9.17) is 9.97 Å². The van der Waals surface area contributed by atoms with Gasteiger partial charge in [-0.3, -0.25) is 0 Å². The highest BCUT2D eigenvalue weighted by molar-refractivity contribution is 5.72. The van der Waals surface area contributed by atoms with Crippen molar-refractivity contribution in [3.05, 3.63) is 66.2 Å². The van der Waals surface area contributed by atoms with Gasteiger partial charge in [0.2, 0.25) is 5.95 Å².